The van der Waals surface area contributed by atoms with Crippen LogP contribution in [0.3, 0.4) is 0 Å². The predicted molar refractivity (Wildman–Crippen MR) is 83.8 cm³/mol. The summed E-state index contributed by atoms with van der Waals surface area (Å²) in [6.45, 7) is 0.887. The molecule has 2 aliphatic rings. The minimum atomic E-state index is -0.211. The van der Waals surface area contributed by atoms with E-state index >= 15 is 0 Å². The van der Waals surface area contributed by atoms with Crippen molar-refractivity contribution in [1.29, 1.82) is 0 Å². The van der Waals surface area contributed by atoms with Crippen LogP contribution >= 0.6 is 11.3 Å². The summed E-state index contributed by atoms with van der Waals surface area (Å²) in [5.74, 6) is 0.916. The molecule has 1 saturated carbocycles. The lowest BCUT2D eigenvalue weighted by atomic mass is 10.1. The minimum Gasteiger partial charge on any atom is -0.320 e. The van der Waals surface area contributed by atoms with Crippen molar-refractivity contribution in [3.05, 3.63) is 58.3 Å². The van der Waals surface area contributed by atoms with E-state index in [-0.39, 0.29) is 18.1 Å². The third-order valence-corrected chi connectivity index (χ3v) is 5.19. The molecule has 1 aromatic heterocycles. The predicted octanol–water partition coefficient (Wildman–Crippen LogP) is 3.33. The number of nitrogens with one attached hydrogen (secondary N) is 1. The summed E-state index contributed by atoms with van der Waals surface area (Å²) in [5.41, 5.74) is 1.06. The van der Waals surface area contributed by atoms with Gasteiger partial charge < -0.3 is 4.90 Å². The Morgan fingerprint density at radius 1 is 1.14 bits per heavy atom. The van der Waals surface area contributed by atoms with E-state index < -0.39 is 0 Å². The van der Waals surface area contributed by atoms with Crippen LogP contribution < -0.4 is 5.32 Å². The van der Waals surface area contributed by atoms with Gasteiger partial charge in [0, 0.05) is 11.4 Å². The Morgan fingerprint density at radius 3 is 2.62 bits per heavy atom. The molecule has 108 valence electrons. The van der Waals surface area contributed by atoms with Crippen molar-refractivity contribution in [2.45, 2.75) is 25.0 Å². The van der Waals surface area contributed by atoms with Crippen molar-refractivity contribution in [3.8, 4) is 0 Å². The molecule has 0 radical (unpaired) electrons. The molecule has 1 aliphatic heterocycles. The maximum atomic E-state index is 12.8. The van der Waals surface area contributed by atoms with Crippen molar-refractivity contribution >= 4 is 17.2 Å². The van der Waals surface area contributed by atoms with E-state index in [0.717, 1.165) is 12.1 Å². The summed E-state index contributed by atoms with van der Waals surface area (Å²) >= 11 is 1.71. The maximum absolute atomic E-state index is 12.8. The Kier molecular flexibility index (Phi) is 3.28. The largest absolute Gasteiger partial charge is 0.320 e. The Bertz CT molecular complexity index is 622. The van der Waals surface area contributed by atoms with Gasteiger partial charge in [0.25, 0.3) is 0 Å². The Morgan fingerprint density at radius 2 is 1.95 bits per heavy atom. The van der Waals surface area contributed by atoms with Crippen molar-refractivity contribution in [1.82, 2.24) is 10.2 Å². The molecule has 2 atom stereocenters. The highest BCUT2D eigenvalue weighted by Crippen LogP contribution is 2.38. The minimum absolute atomic E-state index is 0.0308. The van der Waals surface area contributed by atoms with Crippen molar-refractivity contribution < 1.29 is 4.79 Å². The number of hydrogen-bond donors (Lipinski definition) is 1. The van der Waals surface area contributed by atoms with Gasteiger partial charge in [0.05, 0.1) is 0 Å². The first-order valence-corrected chi connectivity index (χ1v) is 8.36. The van der Waals surface area contributed by atoms with Crippen molar-refractivity contribution in [3.63, 3.8) is 0 Å². The van der Waals surface area contributed by atoms with E-state index in [9.17, 15) is 4.79 Å². The third kappa shape index (κ3) is 2.49. The van der Waals surface area contributed by atoms with Crippen molar-refractivity contribution in [2.24, 2.45) is 5.92 Å². The van der Waals surface area contributed by atoms with E-state index in [0.29, 0.717) is 5.92 Å². The number of carbonyl (C=O) groups excluding carboxylic acids is 1. The lowest BCUT2D eigenvalue weighted by Crippen LogP contribution is -2.31. The SMILES string of the molecule is O=C1C(c2ccccc2)NC(c2cccs2)N1CC1CC1. The van der Waals surface area contributed by atoms with Crippen LogP contribution in [0.15, 0.2) is 47.8 Å². The van der Waals surface area contributed by atoms with Crippen LogP contribution in [0.25, 0.3) is 0 Å². The van der Waals surface area contributed by atoms with Gasteiger partial charge in [0.15, 0.2) is 0 Å². The van der Waals surface area contributed by atoms with Crippen LogP contribution in [0.4, 0.5) is 0 Å². The number of thiophene rings is 1. The molecule has 1 N–H and O–H groups in total. The standard InChI is InChI=1S/C17H18N2OS/c20-17-15(13-5-2-1-3-6-13)18-16(14-7-4-10-21-14)19(17)11-12-8-9-12/h1-7,10,12,15-16,18H,8-9,11H2. The molecule has 1 saturated heterocycles. The van der Waals surface area contributed by atoms with E-state index in [1.54, 1.807) is 11.3 Å². The van der Waals surface area contributed by atoms with Crippen molar-refractivity contribution in [2.75, 3.05) is 6.54 Å². The zero-order chi connectivity index (χ0) is 14.2. The second kappa shape index (κ2) is 5.28. The van der Waals surface area contributed by atoms with Crippen LogP contribution in [0, 0.1) is 5.92 Å². The van der Waals surface area contributed by atoms with Crippen LogP contribution in [-0.2, 0) is 4.79 Å². The quantitative estimate of drug-likeness (QED) is 0.939. The van der Waals surface area contributed by atoms with Gasteiger partial charge >= 0.3 is 0 Å². The van der Waals surface area contributed by atoms with Gasteiger partial charge in [0.1, 0.15) is 12.2 Å². The fourth-order valence-electron chi connectivity index (χ4n) is 2.95. The highest BCUT2D eigenvalue weighted by Gasteiger charge is 2.42. The summed E-state index contributed by atoms with van der Waals surface area (Å²) in [6, 6.07) is 14.0. The second-order valence-electron chi connectivity index (χ2n) is 5.86. The molecule has 0 spiro atoms. The molecule has 1 aliphatic carbocycles. The van der Waals surface area contributed by atoms with Crippen LogP contribution in [0.5, 0.6) is 0 Å². The Balaban J connectivity index is 1.64. The van der Waals surface area contributed by atoms with Gasteiger partial charge in [-0.3, -0.25) is 10.1 Å². The first kappa shape index (κ1) is 13.0. The zero-order valence-corrected chi connectivity index (χ0v) is 12.6. The molecular weight excluding hydrogens is 280 g/mol. The van der Waals surface area contributed by atoms with Gasteiger partial charge in [0.2, 0.25) is 5.91 Å². The van der Waals surface area contributed by atoms with E-state index in [2.05, 4.69) is 22.8 Å². The highest BCUT2D eigenvalue weighted by molar-refractivity contribution is 7.10. The molecule has 2 heterocycles. The fourth-order valence-corrected chi connectivity index (χ4v) is 3.75. The van der Waals surface area contributed by atoms with Crippen LogP contribution in [-0.4, -0.2) is 17.4 Å². The molecule has 2 aromatic rings. The summed E-state index contributed by atoms with van der Waals surface area (Å²) < 4.78 is 0. The number of hydrogen-bond acceptors (Lipinski definition) is 3. The van der Waals surface area contributed by atoms with Crippen LogP contribution in [0.1, 0.15) is 35.5 Å². The number of carbonyl (C=O) groups is 1. The summed E-state index contributed by atoms with van der Waals surface area (Å²) in [7, 11) is 0. The molecule has 1 aromatic carbocycles. The average Bonchev–Trinajstić information content (AvgIpc) is 3.05. The summed E-state index contributed by atoms with van der Waals surface area (Å²) in [4.78, 5) is 16.1. The smallest absolute Gasteiger partial charge is 0.245 e. The molecule has 4 heteroatoms. The molecule has 4 rings (SSSR count). The zero-order valence-electron chi connectivity index (χ0n) is 11.7. The van der Waals surface area contributed by atoms with E-state index in [1.165, 1.54) is 17.7 Å². The van der Waals surface area contributed by atoms with Gasteiger partial charge in [-0.15, -0.1) is 11.3 Å². The summed E-state index contributed by atoms with van der Waals surface area (Å²) in [6.07, 6.45) is 2.55. The van der Waals surface area contributed by atoms with Gasteiger partial charge in [-0.2, -0.15) is 0 Å². The number of nitrogens with zero attached hydrogens (tertiary/aromatic N) is 1. The Hall–Kier alpha value is -1.65. The first-order chi connectivity index (χ1) is 10.3. The highest BCUT2D eigenvalue weighted by atomic mass is 32.1. The third-order valence-electron chi connectivity index (χ3n) is 4.26. The normalized spacial score (nSPS) is 25.5. The molecule has 2 fully saturated rings. The molecular formula is C17H18N2OS. The molecule has 2 unspecified atom stereocenters. The lowest BCUT2D eigenvalue weighted by molar-refractivity contribution is -0.130. The molecule has 21 heavy (non-hydrogen) atoms. The van der Waals surface area contributed by atoms with Gasteiger partial charge in [-0.1, -0.05) is 36.4 Å². The average molecular weight is 298 g/mol. The van der Waals surface area contributed by atoms with E-state index in [1.807, 2.05) is 35.2 Å². The van der Waals surface area contributed by atoms with E-state index in [4.69, 9.17) is 0 Å². The number of amides is 1. The Labute approximate surface area is 128 Å². The van der Waals surface area contributed by atoms with Gasteiger partial charge in [-0.05, 0) is 35.8 Å². The topological polar surface area (TPSA) is 32.3 Å². The molecule has 1 amide bonds. The van der Waals surface area contributed by atoms with Gasteiger partial charge in [-0.25, -0.2) is 0 Å². The second-order valence-corrected chi connectivity index (χ2v) is 6.84. The molecule has 3 nitrogen and oxygen atoms in total. The number of rotatable bonds is 4. The maximum Gasteiger partial charge on any atom is 0.245 e. The monoisotopic (exact) mass is 298 g/mol. The first-order valence-electron chi connectivity index (χ1n) is 7.48. The number of benzene rings is 1. The summed E-state index contributed by atoms with van der Waals surface area (Å²) in [5, 5.41) is 5.61. The molecule has 0 bridgehead atoms. The lowest BCUT2D eigenvalue weighted by Gasteiger charge is -2.23. The fraction of sp³-hybridized carbons (Fsp3) is 0.353. The van der Waals surface area contributed by atoms with Crippen LogP contribution in [0.2, 0.25) is 0 Å².